The van der Waals surface area contributed by atoms with Gasteiger partial charge in [-0.25, -0.2) is 15.0 Å². The standard InChI is InChI=1S/C13H12BrN5S/c1-2-15-10-8-19-7-6-16-11(19)13(18-10)20-12-9(14)4-3-5-17-12/h3-8,15H,2H2,1H3. The third-order valence-electron chi connectivity index (χ3n) is 2.62. The molecule has 3 heterocycles. The van der Waals surface area contributed by atoms with Crippen LogP contribution in [-0.2, 0) is 0 Å². The van der Waals surface area contributed by atoms with Gasteiger partial charge >= 0.3 is 0 Å². The highest BCUT2D eigenvalue weighted by Gasteiger charge is 2.11. The van der Waals surface area contributed by atoms with Gasteiger partial charge in [0.1, 0.15) is 15.9 Å². The molecule has 0 aromatic carbocycles. The van der Waals surface area contributed by atoms with Crippen LogP contribution in [-0.4, -0.2) is 25.9 Å². The lowest BCUT2D eigenvalue weighted by molar-refractivity contribution is 1.01. The highest BCUT2D eigenvalue weighted by molar-refractivity contribution is 9.10. The summed E-state index contributed by atoms with van der Waals surface area (Å²) in [5.41, 5.74) is 0.828. The number of rotatable bonds is 4. The Bertz CT molecular complexity index is 742. The Labute approximate surface area is 129 Å². The molecule has 7 heteroatoms. The molecule has 3 aromatic rings. The predicted molar refractivity (Wildman–Crippen MR) is 83.2 cm³/mol. The summed E-state index contributed by atoms with van der Waals surface area (Å²) in [6, 6.07) is 3.86. The second kappa shape index (κ2) is 5.80. The number of nitrogens with one attached hydrogen (secondary N) is 1. The van der Waals surface area contributed by atoms with Crippen molar-refractivity contribution >= 4 is 39.2 Å². The summed E-state index contributed by atoms with van der Waals surface area (Å²) in [6.07, 6.45) is 7.38. The van der Waals surface area contributed by atoms with E-state index < -0.39 is 0 Å². The van der Waals surface area contributed by atoms with Crippen LogP contribution in [0, 0.1) is 0 Å². The van der Waals surface area contributed by atoms with Gasteiger partial charge in [-0.3, -0.25) is 0 Å². The molecule has 0 fully saturated rings. The summed E-state index contributed by atoms with van der Waals surface area (Å²) in [4.78, 5) is 13.3. The first kappa shape index (κ1) is 13.4. The van der Waals surface area contributed by atoms with Crippen molar-refractivity contribution in [2.75, 3.05) is 11.9 Å². The number of fused-ring (bicyclic) bond motifs is 1. The minimum Gasteiger partial charge on any atom is -0.369 e. The van der Waals surface area contributed by atoms with Crippen molar-refractivity contribution in [1.82, 2.24) is 19.4 Å². The van der Waals surface area contributed by atoms with Gasteiger partial charge in [0, 0.05) is 25.1 Å². The summed E-state index contributed by atoms with van der Waals surface area (Å²) in [6.45, 7) is 2.87. The molecule has 0 saturated carbocycles. The molecular formula is C13H12BrN5S. The molecule has 5 nitrogen and oxygen atoms in total. The SMILES string of the molecule is CCNc1cn2ccnc2c(Sc2ncccc2Br)n1. The van der Waals surface area contributed by atoms with Gasteiger partial charge in [-0.05, 0) is 46.7 Å². The van der Waals surface area contributed by atoms with Crippen molar-refractivity contribution in [2.24, 2.45) is 0 Å². The molecule has 3 aromatic heterocycles. The molecule has 0 saturated heterocycles. The zero-order valence-electron chi connectivity index (χ0n) is 10.7. The summed E-state index contributed by atoms with van der Waals surface area (Å²) in [5.74, 6) is 0.826. The molecule has 0 bridgehead atoms. The van der Waals surface area contributed by atoms with E-state index in [2.05, 4.69) is 36.2 Å². The van der Waals surface area contributed by atoms with Crippen LogP contribution in [0.4, 0.5) is 5.82 Å². The zero-order valence-corrected chi connectivity index (χ0v) is 13.1. The number of aromatic nitrogens is 4. The van der Waals surface area contributed by atoms with Crippen molar-refractivity contribution in [3.63, 3.8) is 0 Å². The second-order valence-electron chi connectivity index (χ2n) is 4.01. The lowest BCUT2D eigenvalue weighted by atomic mass is 10.5. The van der Waals surface area contributed by atoms with E-state index in [1.165, 1.54) is 11.8 Å². The van der Waals surface area contributed by atoms with Crippen LogP contribution >= 0.6 is 27.7 Å². The fraction of sp³-hybridized carbons (Fsp3) is 0.154. The first-order chi connectivity index (χ1) is 9.78. The molecule has 0 aliphatic heterocycles. The third-order valence-corrected chi connectivity index (χ3v) is 4.51. The van der Waals surface area contributed by atoms with Crippen LogP contribution in [0.1, 0.15) is 6.92 Å². The van der Waals surface area contributed by atoms with Gasteiger partial charge in [-0.1, -0.05) is 0 Å². The van der Waals surface area contributed by atoms with E-state index >= 15 is 0 Å². The first-order valence-corrected chi connectivity index (χ1v) is 7.75. The third kappa shape index (κ3) is 2.64. The van der Waals surface area contributed by atoms with Gasteiger partial charge in [0.05, 0.1) is 10.7 Å². The van der Waals surface area contributed by atoms with Crippen molar-refractivity contribution in [1.29, 1.82) is 0 Å². The number of hydrogen-bond acceptors (Lipinski definition) is 5. The van der Waals surface area contributed by atoms with E-state index in [0.717, 1.165) is 32.5 Å². The van der Waals surface area contributed by atoms with E-state index in [1.807, 2.05) is 35.9 Å². The molecule has 0 aliphatic rings. The van der Waals surface area contributed by atoms with Gasteiger partial charge in [0.2, 0.25) is 0 Å². The summed E-state index contributed by atoms with van der Waals surface area (Å²) in [7, 11) is 0. The largest absolute Gasteiger partial charge is 0.369 e. The highest BCUT2D eigenvalue weighted by Crippen LogP contribution is 2.32. The number of imidazole rings is 1. The fourth-order valence-corrected chi connectivity index (χ4v) is 3.13. The minimum absolute atomic E-state index is 0.824. The van der Waals surface area contributed by atoms with E-state index in [4.69, 9.17) is 0 Å². The fourth-order valence-electron chi connectivity index (χ4n) is 1.78. The minimum atomic E-state index is 0.824. The Morgan fingerprint density at radius 1 is 1.30 bits per heavy atom. The van der Waals surface area contributed by atoms with Crippen LogP contribution in [0.25, 0.3) is 5.65 Å². The van der Waals surface area contributed by atoms with E-state index in [9.17, 15) is 0 Å². The lowest BCUT2D eigenvalue weighted by Gasteiger charge is -2.08. The monoisotopic (exact) mass is 349 g/mol. The van der Waals surface area contributed by atoms with Gasteiger partial charge in [0.15, 0.2) is 5.65 Å². The molecule has 1 N–H and O–H groups in total. The molecule has 3 rings (SSSR count). The van der Waals surface area contributed by atoms with Gasteiger partial charge in [-0.15, -0.1) is 0 Å². The smallest absolute Gasteiger partial charge is 0.170 e. The average molecular weight is 350 g/mol. The van der Waals surface area contributed by atoms with Crippen LogP contribution < -0.4 is 5.32 Å². The number of pyridine rings is 1. The molecule has 0 amide bonds. The highest BCUT2D eigenvalue weighted by atomic mass is 79.9. The molecule has 20 heavy (non-hydrogen) atoms. The van der Waals surface area contributed by atoms with Crippen LogP contribution in [0.15, 0.2) is 51.4 Å². The molecular weight excluding hydrogens is 338 g/mol. The average Bonchev–Trinajstić information content (AvgIpc) is 2.90. The number of hydrogen-bond donors (Lipinski definition) is 1. The van der Waals surface area contributed by atoms with E-state index in [-0.39, 0.29) is 0 Å². The van der Waals surface area contributed by atoms with Crippen molar-refractivity contribution in [3.8, 4) is 0 Å². The quantitative estimate of drug-likeness (QED) is 0.781. The Kier molecular flexibility index (Phi) is 3.88. The molecule has 0 atom stereocenters. The van der Waals surface area contributed by atoms with E-state index in [1.54, 1.807) is 12.4 Å². The normalized spacial score (nSPS) is 10.9. The number of anilines is 1. The topological polar surface area (TPSA) is 55.1 Å². The molecule has 0 spiro atoms. The summed E-state index contributed by atoms with van der Waals surface area (Å²) in [5, 5.41) is 4.93. The van der Waals surface area contributed by atoms with Crippen molar-refractivity contribution in [3.05, 3.63) is 41.4 Å². The van der Waals surface area contributed by atoms with E-state index in [0.29, 0.717) is 0 Å². The van der Waals surface area contributed by atoms with Crippen LogP contribution in [0.2, 0.25) is 0 Å². The van der Waals surface area contributed by atoms with Gasteiger partial charge in [-0.2, -0.15) is 0 Å². The summed E-state index contributed by atoms with van der Waals surface area (Å²) >= 11 is 5.00. The van der Waals surface area contributed by atoms with Crippen LogP contribution in [0.3, 0.4) is 0 Å². The predicted octanol–water partition coefficient (Wildman–Crippen LogP) is 3.47. The maximum Gasteiger partial charge on any atom is 0.170 e. The molecule has 0 radical (unpaired) electrons. The zero-order chi connectivity index (χ0) is 13.9. The number of nitrogens with zero attached hydrogens (tertiary/aromatic N) is 4. The molecule has 102 valence electrons. The molecule has 0 unspecified atom stereocenters. The Morgan fingerprint density at radius 3 is 3.00 bits per heavy atom. The second-order valence-corrected chi connectivity index (χ2v) is 5.84. The van der Waals surface area contributed by atoms with Crippen molar-refractivity contribution in [2.45, 2.75) is 17.0 Å². The lowest BCUT2D eigenvalue weighted by Crippen LogP contribution is -2.02. The Balaban J connectivity index is 2.05. The Morgan fingerprint density at radius 2 is 2.20 bits per heavy atom. The maximum atomic E-state index is 4.61. The maximum absolute atomic E-state index is 4.61. The first-order valence-electron chi connectivity index (χ1n) is 6.14. The Hall–Kier alpha value is -1.60. The summed E-state index contributed by atoms with van der Waals surface area (Å²) < 4.78 is 2.91. The molecule has 0 aliphatic carbocycles. The number of halogens is 1. The van der Waals surface area contributed by atoms with Crippen molar-refractivity contribution < 1.29 is 0 Å². The van der Waals surface area contributed by atoms with Gasteiger partial charge in [0.25, 0.3) is 0 Å². The van der Waals surface area contributed by atoms with Crippen LogP contribution in [0.5, 0.6) is 0 Å². The van der Waals surface area contributed by atoms with Gasteiger partial charge < -0.3 is 9.72 Å².